The Morgan fingerprint density at radius 2 is 1.82 bits per heavy atom. The van der Waals surface area contributed by atoms with Crippen LogP contribution in [0.25, 0.3) is 0 Å². The molecule has 33 heavy (non-hydrogen) atoms. The van der Waals surface area contributed by atoms with Gasteiger partial charge in [-0.2, -0.15) is 0 Å². The highest BCUT2D eigenvalue weighted by Gasteiger charge is 2.45. The third-order valence-electron chi connectivity index (χ3n) is 5.43. The maximum Gasteiger partial charge on any atom is 0.307 e. The largest absolute Gasteiger partial charge is 0.496 e. The van der Waals surface area contributed by atoms with Gasteiger partial charge in [-0.1, -0.05) is 18.2 Å². The summed E-state index contributed by atoms with van der Waals surface area (Å²) >= 11 is 0. The monoisotopic (exact) mass is 464 g/mol. The Labute approximate surface area is 188 Å². The molecule has 0 saturated carbocycles. The molecule has 178 valence electrons. The molecule has 5 N–H and O–H groups in total. The van der Waals surface area contributed by atoms with Crippen LogP contribution in [-0.2, 0) is 9.53 Å². The molecule has 2 aromatic rings. The first kappa shape index (κ1) is 23.1. The van der Waals surface area contributed by atoms with Gasteiger partial charge in [0.1, 0.15) is 42.0 Å². The van der Waals surface area contributed by atoms with Crippen LogP contribution in [0.15, 0.2) is 36.4 Å². The Morgan fingerprint density at radius 1 is 1.06 bits per heavy atom. The normalized spacial score (nSPS) is 28.4. The van der Waals surface area contributed by atoms with Gasteiger partial charge in [0, 0.05) is 17.7 Å². The first-order valence-electron chi connectivity index (χ1n) is 10.2. The van der Waals surface area contributed by atoms with Crippen LogP contribution in [0.3, 0.4) is 0 Å². The lowest BCUT2D eigenvalue weighted by molar-refractivity contribution is -0.277. The summed E-state index contributed by atoms with van der Waals surface area (Å²) in [5.41, 5.74) is 0.508. The van der Waals surface area contributed by atoms with Crippen molar-refractivity contribution in [1.29, 1.82) is 0 Å². The number of ether oxygens (including phenoxy) is 5. The second-order valence-corrected chi connectivity index (χ2v) is 7.61. The fraction of sp³-hybridized carbons (Fsp3) is 0.409. The maximum absolute atomic E-state index is 11.4. The molecule has 1 fully saturated rings. The number of benzene rings is 2. The minimum atomic E-state index is -1.65. The highest BCUT2D eigenvalue weighted by atomic mass is 16.7. The number of aliphatic hydroxyl groups excluding tert-OH is 4. The topological polar surface area (TPSA) is 164 Å². The van der Waals surface area contributed by atoms with E-state index in [1.54, 1.807) is 24.3 Å². The lowest BCUT2D eigenvalue weighted by atomic mass is 9.99. The molecule has 0 spiro atoms. The second kappa shape index (κ2) is 9.41. The summed E-state index contributed by atoms with van der Waals surface area (Å²) < 4.78 is 28.5. The van der Waals surface area contributed by atoms with Crippen molar-refractivity contribution in [3.05, 3.63) is 42.0 Å². The van der Waals surface area contributed by atoms with Gasteiger partial charge in [0.2, 0.25) is 12.0 Å². The number of aliphatic hydroxyl groups is 4. The smallest absolute Gasteiger partial charge is 0.307 e. The van der Waals surface area contributed by atoms with E-state index in [1.807, 2.05) is 0 Å². The molecule has 4 rings (SSSR count). The molecule has 6 atom stereocenters. The summed E-state index contributed by atoms with van der Waals surface area (Å²) in [6.45, 7) is -0.620. The number of carboxylic acid groups (broad SMARTS) is 1. The van der Waals surface area contributed by atoms with Crippen molar-refractivity contribution in [3.8, 4) is 28.7 Å². The first-order chi connectivity index (χ1) is 15.8. The van der Waals surface area contributed by atoms with Gasteiger partial charge >= 0.3 is 5.97 Å². The summed E-state index contributed by atoms with van der Waals surface area (Å²) in [6.07, 6.45) is -8.68. The number of carbonyl (C=O) groups is 1. The molecular weight excluding hydrogens is 440 g/mol. The first-order valence-corrected chi connectivity index (χ1v) is 10.2. The number of rotatable bonds is 6. The number of para-hydroxylation sites is 1. The summed E-state index contributed by atoms with van der Waals surface area (Å²) in [5.74, 6) is -0.272. The van der Waals surface area contributed by atoms with Crippen molar-refractivity contribution in [2.75, 3.05) is 13.7 Å². The summed E-state index contributed by atoms with van der Waals surface area (Å²) in [4.78, 5) is 11.4. The Kier molecular flexibility index (Phi) is 6.58. The SMILES string of the molecule is COc1cc2c(c(OC3OC(CO)C(O)C(O)C3O)c1)Oc1ccccc1C(CC(=O)O)O2. The van der Waals surface area contributed by atoms with Crippen molar-refractivity contribution < 1.29 is 54.0 Å². The average Bonchev–Trinajstić information content (AvgIpc) is 2.95. The fourth-order valence-electron chi connectivity index (χ4n) is 3.71. The van der Waals surface area contributed by atoms with Gasteiger partial charge in [-0.25, -0.2) is 0 Å². The van der Waals surface area contributed by atoms with Crippen molar-refractivity contribution >= 4 is 5.97 Å². The van der Waals surface area contributed by atoms with Crippen LogP contribution >= 0.6 is 0 Å². The number of carboxylic acids is 1. The van der Waals surface area contributed by atoms with E-state index in [4.69, 9.17) is 23.7 Å². The molecule has 0 bridgehead atoms. The zero-order valence-electron chi connectivity index (χ0n) is 17.5. The number of methoxy groups -OCH3 is 1. The van der Waals surface area contributed by atoms with Crippen LogP contribution in [0.1, 0.15) is 18.1 Å². The average molecular weight is 464 g/mol. The van der Waals surface area contributed by atoms with Gasteiger partial charge in [0.05, 0.1) is 20.1 Å². The molecule has 2 heterocycles. The molecule has 0 aromatic heterocycles. The molecule has 0 aliphatic carbocycles. The Balaban J connectivity index is 1.74. The van der Waals surface area contributed by atoms with Gasteiger partial charge in [0.25, 0.3) is 0 Å². The molecule has 2 aromatic carbocycles. The molecule has 0 radical (unpaired) electrons. The van der Waals surface area contributed by atoms with Gasteiger partial charge in [-0.15, -0.1) is 0 Å². The maximum atomic E-state index is 11.4. The van der Waals surface area contributed by atoms with E-state index in [1.165, 1.54) is 19.2 Å². The van der Waals surface area contributed by atoms with Crippen molar-refractivity contribution in [3.63, 3.8) is 0 Å². The molecule has 11 nitrogen and oxygen atoms in total. The highest BCUT2D eigenvalue weighted by molar-refractivity contribution is 5.69. The molecule has 0 amide bonds. The van der Waals surface area contributed by atoms with Crippen molar-refractivity contribution in [2.24, 2.45) is 0 Å². The zero-order chi connectivity index (χ0) is 23.7. The highest BCUT2D eigenvalue weighted by Crippen LogP contribution is 2.50. The zero-order valence-corrected chi connectivity index (χ0v) is 17.5. The minimum Gasteiger partial charge on any atom is -0.496 e. The van der Waals surface area contributed by atoms with Crippen molar-refractivity contribution in [1.82, 2.24) is 0 Å². The van der Waals surface area contributed by atoms with Crippen LogP contribution in [0, 0.1) is 0 Å². The summed E-state index contributed by atoms with van der Waals surface area (Å²) in [6, 6.07) is 9.69. The van der Waals surface area contributed by atoms with Gasteiger partial charge in [0.15, 0.2) is 11.5 Å². The van der Waals surface area contributed by atoms with E-state index in [-0.39, 0.29) is 29.4 Å². The molecule has 2 aliphatic heterocycles. The van der Waals surface area contributed by atoms with Gasteiger partial charge in [-0.3, -0.25) is 4.79 Å². The lowest BCUT2D eigenvalue weighted by Gasteiger charge is -2.39. The predicted octanol–water partition coefficient (Wildman–Crippen LogP) is 0.574. The summed E-state index contributed by atoms with van der Waals surface area (Å²) in [5, 5.41) is 49.2. The van der Waals surface area contributed by atoms with Crippen LogP contribution < -0.4 is 18.9 Å². The molecule has 11 heteroatoms. The van der Waals surface area contributed by atoms with E-state index >= 15 is 0 Å². The molecule has 1 saturated heterocycles. The fourth-order valence-corrected chi connectivity index (χ4v) is 3.71. The van der Waals surface area contributed by atoms with E-state index in [0.717, 1.165) is 0 Å². The van der Waals surface area contributed by atoms with E-state index in [9.17, 15) is 30.3 Å². The van der Waals surface area contributed by atoms with E-state index in [0.29, 0.717) is 11.3 Å². The van der Waals surface area contributed by atoms with Gasteiger partial charge in [-0.05, 0) is 6.07 Å². The molecule has 2 aliphatic rings. The minimum absolute atomic E-state index is 0.000502. The third-order valence-corrected chi connectivity index (χ3v) is 5.43. The second-order valence-electron chi connectivity index (χ2n) is 7.61. The summed E-state index contributed by atoms with van der Waals surface area (Å²) in [7, 11) is 1.40. The van der Waals surface area contributed by atoms with Gasteiger partial charge < -0.3 is 49.2 Å². The van der Waals surface area contributed by atoms with Crippen LogP contribution in [0.5, 0.6) is 28.7 Å². The standard InChI is InChI=1S/C22H24O11/c1-29-10-6-14-21(31-12-5-3-2-4-11(12)13(30-14)8-17(24)25)15(7-10)32-22-20(28)19(27)18(26)16(9-23)33-22/h2-7,13,16,18-20,22-23,26-28H,8-9H2,1H3,(H,24,25). The predicted molar refractivity (Wildman–Crippen MR) is 110 cm³/mol. The van der Waals surface area contributed by atoms with E-state index < -0.39 is 49.4 Å². The number of hydrogen-bond donors (Lipinski definition) is 5. The molecule has 6 unspecified atom stereocenters. The van der Waals surface area contributed by atoms with Crippen molar-refractivity contribution in [2.45, 2.75) is 43.2 Å². The van der Waals surface area contributed by atoms with Crippen LogP contribution in [0.2, 0.25) is 0 Å². The van der Waals surface area contributed by atoms with E-state index in [2.05, 4.69) is 0 Å². The quantitative estimate of drug-likeness (QED) is 0.406. The lowest BCUT2D eigenvalue weighted by Crippen LogP contribution is -2.60. The molecular formula is C22H24O11. The number of hydrogen-bond acceptors (Lipinski definition) is 10. The van der Waals surface area contributed by atoms with Crippen LogP contribution in [0.4, 0.5) is 0 Å². The number of aliphatic carboxylic acids is 1. The Morgan fingerprint density at radius 3 is 2.52 bits per heavy atom. The Hall–Kier alpha value is -3.09. The van der Waals surface area contributed by atoms with Crippen LogP contribution in [-0.4, -0.2) is 75.9 Å². The Bertz CT molecular complexity index is 1010. The third kappa shape index (κ3) is 4.54. The number of fused-ring (bicyclic) bond motifs is 2.